The number of amides is 1. The molecule has 0 aliphatic carbocycles. The fourth-order valence-electron chi connectivity index (χ4n) is 2.40. The number of hydrogen-bond donors (Lipinski definition) is 3. The van der Waals surface area contributed by atoms with Gasteiger partial charge in [0.25, 0.3) is 5.56 Å². The quantitative estimate of drug-likeness (QED) is 0.731. The molecule has 1 saturated heterocycles. The van der Waals surface area contributed by atoms with Crippen LogP contribution < -0.4 is 16.2 Å². The summed E-state index contributed by atoms with van der Waals surface area (Å²) in [5, 5.41) is 12.1. The molecule has 6 heteroatoms. The van der Waals surface area contributed by atoms with Crippen LogP contribution in [0.3, 0.4) is 0 Å². The van der Waals surface area contributed by atoms with Gasteiger partial charge in [0.15, 0.2) is 5.82 Å². The average molecular weight is 250 g/mol. The third kappa shape index (κ3) is 2.59. The van der Waals surface area contributed by atoms with Crippen molar-refractivity contribution in [3.05, 3.63) is 22.5 Å². The molecule has 2 heterocycles. The minimum atomic E-state index is -0.480. The van der Waals surface area contributed by atoms with E-state index >= 15 is 0 Å². The van der Waals surface area contributed by atoms with Crippen molar-refractivity contribution in [3.8, 4) is 0 Å². The van der Waals surface area contributed by atoms with E-state index in [0.29, 0.717) is 5.82 Å². The number of carbonyl (C=O) groups is 1. The summed E-state index contributed by atoms with van der Waals surface area (Å²) in [4.78, 5) is 23.2. The highest BCUT2D eigenvalue weighted by Gasteiger charge is 2.39. The number of nitrogens with one attached hydrogen (secondary N) is 3. The highest BCUT2D eigenvalue weighted by molar-refractivity contribution is 5.97. The van der Waals surface area contributed by atoms with Gasteiger partial charge in [-0.2, -0.15) is 5.10 Å². The summed E-state index contributed by atoms with van der Waals surface area (Å²) in [6.07, 6.45) is 3.60. The van der Waals surface area contributed by atoms with Crippen LogP contribution in [0.4, 0.5) is 5.82 Å². The van der Waals surface area contributed by atoms with E-state index in [4.69, 9.17) is 0 Å². The van der Waals surface area contributed by atoms with Gasteiger partial charge in [-0.05, 0) is 31.9 Å². The van der Waals surface area contributed by atoms with Crippen LogP contribution in [0, 0.1) is 0 Å². The number of anilines is 1. The van der Waals surface area contributed by atoms with E-state index in [1.165, 1.54) is 12.1 Å². The Labute approximate surface area is 105 Å². The monoisotopic (exact) mass is 250 g/mol. The first-order chi connectivity index (χ1) is 8.66. The second-order valence-electron chi connectivity index (χ2n) is 4.62. The first-order valence-electron chi connectivity index (χ1n) is 6.28. The van der Waals surface area contributed by atoms with Gasteiger partial charge in [0.05, 0.1) is 5.54 Å². The molecule has 2 rings (SSSR count). The predicted octanol–water partition coefficient (Wildman–Crippen LogP) is 0.631. The van der Waals surface area contributed by atoms with Gasteiger partial charge in [-0.15, -0.1) is 0 Å². The second kappa shape index (κ2) is 5.30. The Hall–Kier alpha value is -1.69. The molecule has 98 valence electrons. The smallest absolute Gasteiger partial charge is 0.264 e. The summed E-state index contributed by atoms with van der Waals surface area (Å²) in [5.41, 5.74) is -0.762. The summed E-state index contributed by atoms with van der Waals surface area (Å²) < 4.78 is 0. The number of carbonyl (C=O) groups excluding carboxylic acids is 1. The van der Waals surface area contributed by atoms with Gasteiger partial charge in [-0.25, -0.2) is 5.10 Å². The van der Waals surface area contributed by atoms with Crippen molar-refractivity contribution >= 4 is 11.7 Å². The van der Waals surface area contributed by atoms with Crippen molar-refractivity contribution < 1.29 is 4.79 Å². The molecule has 0 aromatic carbocycles. The lowest BCUT2D eigenvalue weighted by molar-refractivity contribution is -0.122. The van der Waals surface area contributed by atoms with Crippen LogP contribution in [0.2, 0.25) is 0 Å². The van der Waals surface area contributed by atoms with Crippen molar-refractivity contribution in [2.24, 2.45) is 0 Å². The van der Waals surface area contributed by atoms with Crippen molar-refractivity contribution in [1.82, 2.24) is 15.5 Å². The molecule has 6 nitrogen and oxygen atoms in total. The fourth-order valence-corrected chi connectivity index (χ4v) is 2.40. The molecule has 0 spiro atoms. The van der Waals surface area contributed by atoms with Crippen molar-refractivity contribution in [2.45, 2.75) is 38.1 Å². The maximum atomic E-state index is 12.3. The van der Waals surface area contributed by atoms with Crippen LogP contribution in [0.25, 0.3) is 0 Å². The molecule has 1 amide bonds. The van der Waals surface area contributed by atoms with E-state index < -0.39 is 5.54 Å². The lowest BCUT2D eigenvalue weighted by Crippen LogP contribution is -2.50. The number of aromatic nitrogens is 2. The molecule has 0 radical (unpaired) electrons. The van der Waals surface area contributed by atoms with E-state index in [2.05, 4.69) is 27.8 Å². The third-order valence-electron chi connectivity index (χ3n) is 3.28. The molecule has 18 heavy (non-hydrogen) atoms. The summed E-state index contributed by atoms with van der Waals surface area (Å²) in [7, 11) is 0. The molecule has 1 aliphatic rings. The number of aromatic amines is 1. The van der Waals surface area contributed by atoms with Gasteiger partial charge in [-0.1, -0.05) is 13.3 Å². The zero-order chi connectivity index (χ0) is 13.0. The van der Waals surface area contributed by atoms with Gasteiger partial charge in [0.2, 0.25) is 5.91 Å². The molecular weight excluding hydrogens is 232 g/mol. The van der Waals surface area contributed by atoms with Crippen LogP contribution in [0.15, 0.2) is 16.9 Å². The van der Waals surface area contributed by atoms with Gasteiger partial charge in [-0.3, -0.25) is 9.59 Å². The van der Waals surface area contributed by atoms with Crippen LogP contribution in [0.5, 0.6) is 0 Å². The first kappa shape index (κ1) is 12.8. The van der Waals surface area contributed by atoms with Gasteiger partial charge in [0, 0.05) is 6.07 Å². The number of nitrogens with zero attached hydrogens (tertiary/aromatic N) is 1. The highest BCUT2D eigenvalue weighted by atomic mass is 16.2. The normalized spacial score (nSPS) is 22.9. The standard InChI is InChI=1S/C12H18N4O2/c1-2-6-12(7-3-8-13-12)11(18)14-9-4-5-10(17)16-15-9/h4-5,13H,2-3,6-8H2,1H3,(H,16,17)(H,14,15,18). The Morgan fingerprint density at radius 2 is 2.39 bits per heavy atom. The predicted molar refractivity (Wildman–Crippen MR) is 68.4 cm³/mol. The van der Waals surface area contributed by atoms with Crippen LogP contribution in [0.1, 0.15) is 32.6 Å². The lowest BCUT2D eigenvalue weighted by Gasteiger charge is -2.27. The zero-order valence-electron chi connectivity index (χ0n) is 10.5. The molecule has 1 fully saturated rings. The number of H-pyrrole nitrogens is 1. The summed E-state index contributed by atoms with van der Waals surface area (Å²) in [6, 6.07) is 2.85. The molecule has 3 N–H and O–H groups in total. The molecule has 1 aromatic heterocycles. The maximum absolute atomic E-state index is 12.3. The largest absolute Gasteiger partial charge is 0.308 e. The van der Waals surface area contributed by atoms with E-state index in [1.54, 1.807) is 0 Å². The third-order valence-corrected chi connectivity index (χ3v) is 3.28. The maximum Gasteiger partial charge on any atom is 0.264 e. The van der Waals surface area contributed by atoms with Crippen LogP contribution >= 0.6 is 0 Å². The molecule has 1 aliphatic heterocycles. The Morgan fingerprint density at radius 3 is 2.94 bits per heavy atom. The molecule has 1 aromatic rings. The van der Waals surface area contributed by atoms with Crippen molar-refractivity contribution in [1.29, 1.82) is 0 Å². The minimum absolute atomic E-state index is 0.0681. The molecule has 1 unspecified atom stereocenters. The Bertz CT molecular complexity index is 457. The molecule has 1 atom stereocenters. The van der Waals surface area contributed by atoms with Crippen molar-refractivity contribution in [3.63, 3.8) is 0 Å². The molecule has 0 saturated carbocycles. The second-order valence-corrected chi connectivity index (χ2v) is 4.62. The summed E-state index contributed by atoms with van der Waals surface area (Å²) in [5.74, 6) is 0.310. The Morgan fingerprint density at radius 1 is 1.56 bits per heavy atom. The highest BCUT2D eigenvalue weighted by Crippen LogP contribution is 2.25. The summed E-state index contributed by atoms with van der Waals surface area (Å²) >= 11 is 0. The average Bonchev–Trinajstić information content (AvgIpc) is 2.82. The van der Waals surface area contributed by atoms with Gasteiger partial charge < -0.3 is 10.6 Å². The topological polar surface area (TPSA) is 86.9 Å². The van der Waals surface area contributed by atoms with E-state index in [0.717, 1.165) is 32.2 Å². The number of hydrogen-bond acceptors (Lipinski definition) is 4. The minimum Gasteiger partial charge on any atom is -0.308 e. The van der Waals surface area contributed by atoms with E-state index in [9.17, 15) is 9.59 Å². The van der Waals surface area contributed by atoms with Crippen LogP contribution in [-0.4, -0.2) is 28.2 Å². The SMILES string of the molecule is CCCC1(C(=O)Nc2ccc(=O)[nH]n2)CCCN1. The fraction of sp³-hybridized carbons (Fsp3) is 0.583. The first-order valence-corrected chi connectivity index (χ1v) is 6.28. The lowest BCUT2D eigenvalue weighted by atomic mass is 9.91. The van der Waals surface area contributed by atoms with E-state index in [1.807, 2.05) is 0 Å². The Balaban J connectivity index is 2.10. The van der Waals surface area contributed by atoms with E-state index in [-0.39, 0.29) is 11.5 Å². The Kier molecular flexibility index (Phi) is 3.76. The van der Waals surface area contributed by atoms with Gasteiger partial charge in [0.1, 0.15) is 0 Å². The van der Waals surface area contributed by atoms with Crippen LogP contribution in [-0.2, 0) is 4.79 Å². The molecular formula is C12H18N4O2. The summed E-state index contributed by atoms with van der Waals surface area (Å²) in [6.45, 7) is 2.93. The van der Waals surface area contributed by atoms with Crippen molar-refractivity contribution in [2.75, 3.05) is 11.9 Å². The molecule has 0 bridgehead atoms. The van der Waals surface area contributed by atoms with Gasteiger partial charge >= 0.3 is 0 Å². The zero-order valence-corrected chi connectivity index (χ0v) is 10.5. The number of rotatable bonds is 4.